The Hall–Kier alpha value is -1.76. The van der Waals surface area contributed by atoms with E-state index in [9.17, 15) is 18.3 Å². The highest BCUT2D eigenvalue weighted by atomic mass is 32.2. The molecule has 0 aliphatic heterocycles. The van der Waals surface area contributed by atoms with Crippen LogP contribution in [0.4, 0.5) is 5.69 Å². The van der Waals surface area contributed by atoms with Crippen LogP contribution in [-0.2, 0) is 19.6 Å². The Labute approximate surface area is 112 Å². The third-order valence-electron chi connectivity index (χ3n) is 2.45. The molecule has 0 radical (unpaired) electrons. The summed E-state index contributed by atoms with van der Waals surface area (Å²) < 4.78 is 30.5. The van der Waals surface area contributed by atoms with Crippen LogP contribution in [0.5, 0.6) is 5.75 Å². The monoisotopic (exact) mass is 287 g/mol. The Morgan fingerprint density at radius 3 is 2.74 bits per heavy atom. The fraction of sp³-hybridized carbons (Fsp3) is 0.417. The van der Waals surface area contributed by atoms with Gasteiger partial charge in [0.15, 0.2) is 0 Å². The summed E-state index contributed by atoms with van der Waals surface area (Å²) in [5.74, 6) is -0.910. The number of carbonyl (C=O) groups is 1. The first-order chi connectivity index (χ1) is 8.85. The minimum atomic E-state index is -3.65. The van der Waals surface area contributed by atoms with Crippen molar-refractivity contribution in [3.05, 3.63) is 23.8 Å². The molecule has 1 aromatic carbocycles. The second-order valence-electron chi connectivity index (χ2n) is 3.93. The standard InChI is InChI=1S/C12H17NO5S/c1-3-18-12(15)7-8-19(16,17)13-10-5-4-6-11(14)9(10)2/h4-6,13-14H,3,7-8H2,1-2H3. The number of hydrogen-bond acceptors (Lipinski definition) is 5. The van der Waals surface area contributed by atoms with Gasteiger partial charge in [-0.3, -0.25) is 9.52 Å². The topological polar surface area (TPSA) is 92.7 Å². The largest absolute Gasteiger partial charge is 0.508 e. The fourth-order valence-electron chi connectivity index (χ4n) is 1.40. The summed E-state index contributed by atoms with van der Waals surface area (Å²) in [6.07, 6.45) is -0.207. The van der Waals surface area contributed by atoms with E-state index in [4.69, 9.17) is 0 Å². The molecule has 0 atom stereocenters. The van der Waals surface area contributed by atoms with Gasteiger partial charge in [0.2, 0.25) is 10.0 Å². The van der Waals surface area contributed by atoms with Gasteiger partial charge in [-0.05, 0) is 26.0 Å². The van der Waals surface area contributed by atoms with E-state index < -0.39 is 16.0 Å². The van der Waals surface area contributed by atoms with Crippen LogP contribution >= 0.6 is 0 Å². The normalized spacial score (nSPS) is 11.1. The lowest BCUT2D eigenvalue weighted by atomic mass is 10.2. The van der Waals surface area contributed by atoms with Crippen molar-refractivity contribution >= 4 is 21.7 Å². The molecule has 0 unspecified atom stereocenters. The van der Waals surface area contributed by atoms with Crippen LogP contribution in [0.15, 0.2) is 18.2 Å². The lowest BCUT2D eigenvalue weighted by Crippen LogP contribution is -2.20. The van der Waals surface area contributed by atoms with Crippen molar-refractivity contribution in [1.29, 1.82) is 0 Å². The molecule has 0 amide bonds. The Bertz CT molecular complexity index is 553. The van der Waals surface area contributed by atoms with Gasteiger partial charge in [-0.1, -0.05) is 6.07 Å². The summed E-state index contributed by atoms with van der Waals surface area (Å²) >= 11 is 0. The summed E-state index contributed by atoms with van der Waals surface area (Å²) in [5, 5.41) is 9.48. The maximum absolute atomic E-state index is 11.8. The smallest absolute Gasteiger partial charge is 0.306 e. The van der Waals surface area contributed by atoms with Crippen LogP contribution in [0.3, 0.4) is 0 Å². The molecule has 2 N–H and O–H groups in total. The van der Waals surface area contributed by atoms with Gasteiger partial charge in [0.05, 0.1) is 24.5 Å². The molecule has 1 rings (SSSR count). The van der Waals surface area contributed by atoms with Gasteiger partial charge < -0.3 is 9.84 Å². The molecule has 0 saturated heterocycles. The van der Waals surface area contributed by atoms with E-state index in [1.807, 2.05) is 0 Å². The first-order valence-corrected chi connectivity index (χ1v) is 7.45. The molecular formula is C12H17NO5S. The van der Waals surface area contributed by atoms with Crippen molar-refractivity contribution in [3.63, 3.8) is 0 Å². The molecule has 106 valence electrons. The number of hydrogen-bond donors (Lipinski definition) is 2. The third-order valence-corrected chi connectivity index (χ3v) is 3.72. The van der Waals surface area contributed by atoms with Crippen molar-refractivity contribution in [2.45, 2.75) is 20.3 Å². The van der Waals surface area contributed by atoms with E-state index >= 15 is 0 Å². The first kappa shape index (κ1) is 15.3. The summed E-state index contributed by atoms with van der Waals surface area (Å²) in [6, 6.07) is 4.54. The molecule has 0 aliphatic carbocycles. The molecule has 0 bridgehead atoms. The third kappa shape index (κ3) is 4.78. The van der Waals surface area contributed by atoms with Crippen molar-refractivity contribution in [1.82, 2.24) is 0 Å². The first-order valence-electron chi connectivity index (χ1n) is 5.80. The lowest BCUT2D eigenvalue weighted by molar-refractivity contribution is -0.142. The van der Waals surface area contributed by atoms with Gasteiger partial charge in [0.25, 0.3) is 0 Å². The molecule has 0 saturated carbocycles. The van der Waals surface area contributed by atoms with Crippen LogP contribution in [0.2, 0.25) is 0 Å². The Morgan fingerprint density at radius 1 is 1.42 bits per heavy atom. The average Bonchev–Trinajstić information content (AvgIpc) is 2.33. The van der Waals surface area contributed by atoms with E-state index in [0.29, 0.717) is 11.3 Å². The van der Waals surface area contributed by atoms with Crippen LogP contribution in [0.25, 0.3) is 0 Å². The molecule has 0 fully saturated rings. The highest BCUT2D eigenvalue weighted by Crippen LogP contribution is 2.24. The van der Waals surface area contributed by atoms with Crippen LogP contribution in [0.1, 0.15) is 18.9 Å². The molecule has 7 heteroatoms. The van der Waals surface area contributed by atoms with Crippen molar-refractivity contribution in [2.75, 3.05) is 17.1 Å². The summed E-state index contributed by atoms with van der Waals surface area (Å²) in [4.78, 5) is 11.1. The van der Waals surface area contributed by atoms with Gasteiger partial charge in [-0.2, -0.15) is 0 Å². The number of carbonyl (C=O) groups excluding carboxylic acids is 1. The van der Waals surface area contributed by atoms with E-state index in [-0.39, 0.29) is 24.5 Å². The number of benzene rings is 1. The number of nitrogens with one attached hydrogen (secondary N) is 1. The summed E-state index contributed by atoms with van der Waals surface area (Å²) in [5.41, 5.74) is 0.728. The summed E-state index contributed by atoms with van der Waals surface area (Å²) in [6.45, 7) is 3.47. The number of sulfonamides is 1. The number of ether oxygens (including phenoxy) is 1. The fourth-order valence-corrected chi connectivity index (χ4v) is 2.50. The number of phenolic OH excluding ortho intramolecular Hbond substituents is 1. The number of aromatic hydroxyl groups is 1. The molecule has 1 aromatic rings. The highest BCUT2D eigenvalue weighted by molar-refractivity contribution is 7.92. The zero-order valence-corrected chi connectivity index (χ0v) is 11.7. The molecule has 0 aromatic heterocycles. The lowest BCUT2D eigenvalue weighted by Gasteiger charge is -2.11. The van der Waals surface area contributed by atoms with Crippen molar-refractivity contribution < 1.29 is 23.1 Å². The Kier molecular flexibility index (Phi) is 5.17. The Balaban J connectivity index is 2.69. The second kappa shape index (κ2) is 6.42. The molecule has 0 spiro atoms. The Morgan fingerprint density at radius 2 is 2.11 bits per heavy atom. The van der Waals surface area contributed by atoms with E-state index in [2.05, 4.69) is 9.46 Å². The number of esters is 1. The van der Waals surface area contributed by atoms with Gasteiger partial charge in [0.1, 0.15) is 5.75 Å². The highest BCUT2D eigenvalue weighted by Gasteiger charge is 2.15. The van der Waals surface area contributed by atoms with Crippen molar-refractivity contribution in [2.24, 2.45) is 0 Å². The van der Waals surface area contributed by atoms with Crippen LogP contribution in [-0.4, -0.2) is 31.9 Å². The average molecular weight is 287 g/mol. The maximum Gasteiger partial charge on any atom is 0.306 e. The number of phenols is 1. The number of rotatable bonds is 6. The molecular weight excluding hydrogens is 270 g/mol. The van der Waals surface area contributed by atoms with E-state index in [0.717, 1.165) is 0 Å². The molecule has 6 nitrogen and oxygen atoms in total. The second-order valence-corrected chi connectivity index (χ2v) is 5.77. The van der Waals surface area contributed by atoms with Gasteiger partial charge in [-0.25, -0.2) is 8.42 Å². The molecule has 0 heterocycles. The van der Waals surface area contributed by atoms with E-state index in [1.54, 1.807) is 13.8 Å². The molecule has 19 heavy (non-hydrogen) atoms. The van der Waals surface area contributed by atoms with Crippen LogP contribution < -0.4 is 4.72 Å². The van der Waals surface area contributed by atoms with Crippen molar-refractivity contribution in [3.8, 4) is 5.75 Å². The quantitative estimate of drug-likeness (QED) is 0.771. The predicted octanol–water partition coefficient (Wildman–Crippen LogP) is 1.40. The summed E-state index contributed by atoms with van der Waals surface area (Å²) in [7, 11) is -3.65. The van der Waals surface area contributed by atoms with E-state index in [1.165, 1.54) is 18.2 Å². The zero-order valence-electron chi connectivity index (χ0n) is 10.8. The number of anilines is 1. The predicted molar refractivity (Wildman–Crippen MR) is 71.5 cm³/mol. The minimum absolute atomic E-state index is 0.00518. The molecule has 0 aliphatic rings. The minimum Gasteiger partial charge on any atom is -0.508 e. The SMILES string of the molecule is CCOC(=O)CCS(=O)(=O)Nc1cccc(O)c1C. The maximum atomic E-state index is 11.8. The van der Waals surface area contributed by atoms with Gasteiger partial charge in [-0.15, -0.1) is 0 Å². The zero-order chi connectivity index (χ0) is 14.5. The van der Waals surface area contributed by atoms with Gasteiger partial charge >= 0.3 is 5.97 Å². The van der Waals surface area contributed by atoms with Crippen LogP contribution in [0, 0.1) is 6.92 Å². The van der Waals surface area contributed by atoms with Gasteiger partial charge in [0, 0.05) is 5.56 Å².